The molecule has 2 aromatic carbocycles. The van der Waals surface area contributed by atoms with E-state index in [1.54, 1.807) is 28.9 Å². The Morgan fingerprint density at radius 2 is 1.89 bits per heavy atom. The Morgan fingerprint density at radius 1 is 1.07 bits per heavy atom. The Balaban J connectivity index is 1.58. The number of thioether (sulfide) groups is 1. The van der Waals surface area contributed by atoms with Crippen LogP contribution in [0.25, 0.3) is 0 Å². The van der Waals surface area contributed by atoms with E-state index in [1.165, 1.54) is 41.0 Å². The van der Waals surface area contributed by atoms with E-state index < -0.39 is 5.82 Å². The quantitative estimate of drug-likeness (QED) is 0.673. The molecule has 0 unspecified atom stereocenters. The van der Waals surface area contributed by atoms with Crippen molar-refractivity contribution in [1.82, 2.24) is 14.9 Å². The molecule has 4 rings (SSSR count). The minimum atomic E-state index is -0.403. The summed E-state index contributed by atoms with van der Waals surface area (Å²) in [4.78, 5) is 12.5. The molecule has 9 heteroatoms. The maximum Gasteiger partial charge on any atom is 0.252 e. The first-order valence-corrected chi connectivity index (χ1v) is 9.09. The van der Waals surface area contributed by atoms with Crippen molar-refractivity contribution >= 4 is 17.7 Å². The third-order valence-electron chi connectivity index (χ3n) is 3.94. The van der Waals surface area contributed by atoms with Crippen molar-refractivity contribution in [3.05, 3.63) is 71.6 Å². The number of carbonyl (C=O) groups excluding carboxylic acids is 1. The third-order valence-corrected chi connectivity index (χ3v) is 4.84. The van der Waals surface area contributed by atoms with Crippen molar-refractivity contribution in [2.24, 2.45) is 0 Å². The van der Waals surface area contributed by atoms with Gasteiger partial charge in [-0.3, -0.25) is 4.79 Å². The van der Waals surface area contributed by atoms with Crippen molar-refractivity contribution in [1.29, 1.82) is 0 Å². The smallest absolute Gasteiger partial charge is 0.252 e. The predicted octanol–water partition coefficient (Wildman–Crippen LogP) is 2.91. The van der Waals surface area contributed by atoms with Gasteiger partial charge in [-0.1, -0.05) is 30.0 Å². The molecule has 3 aromatic rings. The second-order valence-electron chi connectivity index (χ2n) is 5.82. The summed E-state index contributed by atoms with van der Waals surface area (Å²) in [7, 11) is 0. The maximum absolute atomic E-state index is 13.3. The van der Waals surface area contributed by atoms with Gasteiger partial charge in [0.2, 0.25) is 5.16 Å². The number of fused-ring (bicyclic) bond motifs is 1. The Kier molecular flexibility index (Phi) is 4.76. The standard InChI is InChI=1S/C18H14F2N4O2S/c19-13-6-4-12(5-7-13)9-23-17(25)11-27-18-22-21-16(24(18)23)10-26-15-3-1-2-14(20)8-15/h1-8H,9-11H2. The molecule has 0 aliphatic carbocycles. The molecule has 138 valence electrons. The van der Waals surface area contributed by atoms with E-state index in [-0.39, 0.29) is 30.6 Å². The van der Waals surface area contributed by atoms with E-state index in [0.717, 1.165) is 5.56 Å². The van der Waals surface area contributed by atoms with Crippen LogP contribution < -0.4 is 9.75 Å². The highest BCUT2D eigenvalue weighted by Crippen LogP contribution is 2.25. The van der Waals surface area contributed by atoms with Gasteiger partial charge in [0.25, 0.3) is 5.91 Å². The van der Waals surface area contributed by atoms with E-state index in [1.807, 2.05) is 0 Å². The highest BCUT2D eigenvalue weighted by Gasteiger charge is 2.29. The van der Waals surface area contributed by atoms with Crippen molar-refractivity contribution in [3.8, 4) is 5.75 Å². The van der Waals surface area contributed by atoms with Gasteiger partial charge in [-0.25, -0.2) is 18.5 Å². The molecule has 1 aliphatic rings. The predicted molar refractivity (Wildman–Crippen MR) is 94.8 cm³/mol. The fourth-order valence-corrected chi connectivity index (χ4v) is 3.48. The van der Waals surface area contributed by atoms with Crippen molar-refractivity contribution < 1.29 is 18.3 Å². The molecular formula is C18H14F2N4O2S. The lowest BCUT2D eigenvalue weighted by atomic mass is 10.2. The zero-order chi connectivity index (χ0) is 18.8. The molecule has 1 aromatic heterocycles. The van der Waals surface area contributed by atoms with Gasteiger partial charge in [0.1, 0.15) is 24.0 Å². The van der Waals surface area contributed by atoms with Gasteiger partial charge in [-0.2, -0.15) is 0 Å². The summed E-state index contributed by atoms with van der Waals surface area (Å²) in [5, 5.41) is 10.3. The first-order chi connectivity index (χ1) is 13.1. The SMILES string of the molecule is O=C1CSc2nnc(COc3cccc(F)c3)n2N1Cc1ccc(F)cc1. The summed E-state index contributed by atoms with van der Waals surface area (Å²) in [6.45, 7) is 0.266. The fraction of sp³-hybridized carbons (Fsp3) is 0.167. The number of hydrogen-bond acceptors (Lipinski definition) is 5. The minimum Gasteiger partial charge on any atom is -0.485 e. The zero-order valence-corrected chi connectivity index (χ0v) is 14.8. The average Bonchev–Trinajstić information content (AvgIpc) is 3.07. The first-order valence-electron chi connectivity index (χ1n) is 8.11. The van der Waals surface area contributed by atoms with Crippen LogP contribution in [0, 0.1) is 11.6 Å². The summed E-state index contributed by atoms with van der Waals surface area (Å²) in [6, 6.07) is 11.7. The van der Waals surface area contributed by atoms with Crippen molar-refractivity contribution in [3.63, 3.8) is 0 Å². The van der Waals surface area contributed by atoms with Crippen LogP contribution in [0.3, 0.4) is 0 Å². The number of nitrogens with zero attached hydrogens (tertiary/aromatic N) is 4. The number of amides is 1. The molecule has 0 fully saturated rings. The molecule has 1 aliphatic heterocycles. The lowest BCUT2D eigenvalue weighted by Crippen LogP contribution is -2.45. The molecule has 0 atom stereocenters. The Hall–Kier alpha value is -2.94. The molecule has 0 N–H and O–H groups in total. The number of benzene rings is 2. The number of ether oxygens (including phenoxy) is 1. The fourth-order valence-electron chi connectivity index (χ4n) is 2.66. The highest BCUT2D eigenvalue weighted by atomic mass is 32.2. The Morgan fingerprint density at radius 3 is 2.67 bits per heavy atom. The van der Waals surface area contributed by atoms with Crippen LogP contribution in [0.5, 0.6) is 5.75 Å². The van der Waals surface area contributed by atoms with Gasteiger partial charge in [-0.15, -0.1) is 10.2 Å². The van der Waals surface area contributed by atoms with Crippen LogP contribution in [0.1, 0.15) is 11.4 Å². The molecule has 2 heterocycles. The second-order valence-corrected chi connectivity index (χ2v) is 6.77. The summed E-state index contributed by atoms with van der Waals surface area (Å²) in [6.07, 6.45) is 0. The van der Waals surface area contributed by atoms with Gasteiger partial charge in [0.05, 0.1) is 12.3 Å². The van der Waals surface area contributed by atoms with Crippen LogP contribution in [0.4, 0.5) is 8.78 Å². The Bertz CT molecular complexity index is 978. The van der Waals surface area contributed by atoms with E-state index in [0.29, 0.717) is 16.7 Å². The van der Waals surface area contributed by atoms with Crippen molar-refractivity contribution in [2.45, 2.75) is 18.3 Å². The largest absolute Gasteiger partial charge is 0.485 e. The van der Waals surface area contributed by atoms with E-state index in [9.17, 15) is 13.6 Å². The topological polar surface area (TPSA) is 60.2 Å². The molecule has 0 saturated heterocycles. The molecule has 6 nitrogen and oxygen atoms in total. The van der Waals surface area contributed by atoms with Crippen LogP contribution >= 0.6 is 11.8 Å². The van der Waals surface area contributed by atoms with Gasteiger partial charge in [-0.05, 0) is 29.8 Å². The first kappa shape index (κ1) is 17.5. The minimum absolute atomic E-state index is 0.0181. The number of halogens is 2. The van der Waals surface area contributed by atoms with Crippen LogP contribution in [-0.4, -0.2) is 26.5 Å². The molecule has 1 amide bonds. The monoisotopic (exact) mass is 388 g/mol. The Labute approximate surface area is 157 Å². The van der Waals surface area contributed by atoms with E-state index in [4.69, 9.17) is 4.74 Å². The number of rotatable bonds is 5. The molecule has 0 spiro atoms. The van der Waals surface area contributed by atoms with Crippen LogP contribution in [0.2, 0.25) is 0 Å². The second kappa shape index (κ2) is 7.36. The molecule has 0 radical (unpaired) electrons. The van der Waals surface area contributed by atoms with Crippen LogP contribution in [-0.2, 0) is 17.9 Å². The van der Waals surface area contributed by atoms with E-state index in [2.05, 4.69) is 10.2 Å². The third kappa shape index (κ3) is 3.77. The lowest BCUT2D eigenvalue weighted by molar-refractivity contribution is -0.118. The number of carbonyl (C=O) groups is 1. The van der Waals surface area contributed by atoms with Gasteiger partial charge >= 0.3 is 0 Å². The number of hydrogen-bond donors (Lipinski definition) is 0. The average molecular weight is 388 g/mol. The molecule has 0 saturated carbocycles. The maximum atomic E-state index is 13.3. The number of aromatic nitrogens is 3. The highest BCUT2D eigenvalue weighted by molar-refractivity contribution is 7.99. The summed E-state index contributed by atoms with van der Waals surface area (Å²) in [5.41, 5.74) is 0.772. The lowest BCUT2D eigenvalue weighted by Gasteiger charge is -2.29. The molecular weight excluding hydrogens is 374 g/mol. The zero-order valence-electron chi connectivity index (χ0n) is 14.0. The van der Waals surface area contributed by atoms with Gasteiger partial charge in [0, 0.05) is 6.07 Å². The van der Waals surface area contributed by atoms with Crippen molar-refractivity contribution in [2.75, 3.05) is 10.8 Å². The molecule has 27 heavy (non-hydrogen) atoms. The van der Waals surface area contributed by atoms with Gasteiger partial charge in [0.15, 0.2) is 5.82 Å². The normalized spacial score (nSPS) is 13.6. The summed E-state index contributed by atoms with van der Waals surface area (Å²) in [5.74, 6) is 0.144. The van der Waals surface area contributed by atoms with Gasteiger partial charge < -0.3 is 4.74 Å². The van der Waals surface area contributed by atoms with Crippen LogP contribution in [0.15, 0.2) is 53.7 Å². The summed E-state index contributed by atoms with van der Waals surface area (Å²) >= 11 is 1.28. The molecule has 0 bridgehead atoms. The van der Waals surface area contributed by atoms with E-state index >= 15 is 0 Å². The summed E-state index contributed by atoms with van der Waals surface area (Å²) < 4.78 is 33.6.